The summed E-state index contributed by atoms with van der Waals surface area (Å²) < 4.78 is 0. The van der Waals surface area contributed by atoms with E-state index in [0.29, 0.717) is 17.2 Å². The van der Waals surface area contributed by atoms with Gasteiger partial charge >= 0.3 is 0 Å². The Balaban J connectivity index is 2.11. The predicted molar refractivity (Wildman–Crippen MR) is 83.5 cm³/mol. The van der Waals surface area contributed by atoms with E-state index in [9.17, 15) is 4.79 Å². The van der Waals surface area contributed by atoms with Crippen molar-refractivity contribution in [3.05, 3.63) is 29.8 Å². The lowest BCUT2D eigenvalue weighted by molar-refractivity contribution is 0.0831. The maximum atomic E-state index is 12.4. The van der Waals surface area contributed by atoms with E-state index in [1.807, 2.05) is 12.1 Å². The fourth-order valence-corrected chi connectivity index (χ4v) is 3.29. The summed E-state index contributed by atoms with van der Waals surface area (Å²) in [5, 5.41) is 3.21. The number of para-hydroxylation sites is 1. The molecule has 1 aliphatic rings. The molecule has 3 nitrogen and oxygen atoms in total. The van der Waals surface area contributed by atoms with Gasteiger partial charge in [-0.25, -0.2) is 0 Å². The van der Waals surface area contributed by atoms with Gasteiger partial charge in [0.2, 0.25) is 0 Å². The van der Waals surface area contributed by atoms with Gasteiger partial charge < -0.3 is 11.1 Å². The molecular weight excluding hydrogens is 248 g/mol. The number of rotatable bonds is 2. The van der Waals surface area contributed by atoms with E-state index < -0.39 is 0 Å². The molecule has 20 heavy (non-hydrogen) atoms. The summed E-state index contributed by atoms with van der Waals surface area (Å²) in [5.41, 5.74) is 7.25. The maximum absolute atomic E-state index is 12.4. The van der Waals surface area contributed by atoms with Gasteiger partial charge in [0.1, 0.15) is 0 Å². The molecule has 0 aliphatic heterocycles. The molecule has 1 amide bonds. The second-order valence-corrected chi connectivity index (χ2v) is 6.92. The first-order valence-corrected chi connectivity index (χ1v) is 7.55. The lowest BCUT2D eigenvalue weighted by atomic mass is 9.69. The zero-order valence-electron chi connectivity index (χ0n) is 12.8. The SMILES string of the molecule is CC(C)(C)C1CCCCC1NC(=O)c1ccccc1N. The molecule has 2 atom stereocenters. The van der Waals surface area contributed by atoms with Crippen LogP contribution in [0.5, 0.6) is 0 Å². The van der Waals surface area contributed by atoms with Crippen LogP contribution in [0.4, 0.5) is 5.69 Å². The second kappa shape index (κ2) is 5.86. The topological polar surface area (TPSA) is 55.1 Å². The van der Waals surface area contributed by atoms with Gasteiger partial charge in [-0.15, -0.1) is 0 Å². The molecule has 0 saturated heterocycles. The number of nitrogen functional groups attached to an aromatic ring is 1. The van der Waals surface area contributed by atoms with Crippen LogP contribution in [-0.4, -0.2) is 11.9 Å². The van der Waals surface area contributed by atoms with Crippen molar-refractivity contribution in [2.45, 2.75) is 52.5 Å². The number of nitrogens with one attached hydrogen (secondary N) is 1. The van der Waals surface area contributed by atoms with Crippen molar-refractivity contribution < 1.29 is 4.79 Å². The highest BCUT2D eigenvalue weighted by Crippen LogP contribution is 2.38. The van der Waals surface area contributed by atoms with Crippen molar-refractivity contribution in [3.8, 4) is 0 Å². The summed E-state index contributed by atoms with van der Waals surface area (Å²) in [6.07, 6.45) is 4.72. The average molecular weight is 274 g/mol. The Labute approximate surface area is 121 Å². The van der Waals surface area contributed by atoms with E-state index in [1.165, 1.54) is 19.3 Å². The van der Waals surface area contributed by atoms with E-state index in [-0.39, 0.29) is 17.4 Å². The standard InChI is InChI=1S/C17H26N2O/c1-17(2,3)13-9-5-7-11-15(13)19-16(20)12-8-4-6-10-14(12)18/h4,6,8,10,13,15H,5,7,9,11,18H2,1-3H3,(H,19,20). The fourth-order valence-electron chi connectivity index (χ4n) is 3.29. The van der Waals surface area contributed by atoms with Gasteiger partial charge in [0, 0.05) is 11.7 Å². The van der Waals surface area contributed by atoms with E-state index >= 15 is 0 Å². The number of carbonyl (C=O) groups excluding carboxylic acids is 1. The van der Waals surface area contributed by atoms with Crippen LogP contribution in [-0.2, 0) is 0 Å². The number of hydrogen-bond donors (Lipinski definition) is 2. The molecule has 0 heterocycles. The summed E-state index contributed by atoms with van der Waals surface area (Å²) in [6.45, 7) is 6.79. The Bertz CT molecular complexity index is 476. The molecule has 1 aromatic rings. The highest BCUT2D eigenvalue weighted by Gasteiger charge is 2.35. The molecule has 3 N–H and O–H groups in total. The number of benzene rings is 1. The van der Waals surface area contributed by atoms with E-state index in [0.717, 1.165) is 6.42 Å². The van der Waals surface area contributed by atoms with Crippen LogP contribution >= 0.6 is 0 Å². The Morgan fingerprint density at radius 3 is 2.50 bits per heavy atom. The molecule has 0 aromatic heterocycles. The molecule has 2 unspecified atom stereocenters. The Morgan fingerprint density at radius 2 is 1.85 bits per heavy atom. The fraction of sp³-hybridized carbons (Fsp3) is 0.588. The molecule has 2 rings (SSSR count). The van der Waals surface area contributed by atoms with E-state index in [2.05, 4.69) is 26.1 Å². The van der Waals surface area contributed by atoms with Crippen LogP contribution in [0.2, 0.25) is 0 Å². The van der Waals surface area contributed by atoms with Crippen molar-refractivity contribution in [2.24, 2.45) is 11.3 Å². The van der Waals surface area contributed by atoms with Crippen molar-refractivity contribution in [1.82, 2.24) is 5.32 Å². The van der Waals surface area contributed by atoms with Gasteiger partial charge in [0.05, 0.1) is 5.56 Å². The smallest absolute Gasteiger partial charge is 0.253 e. The minimum absolute atomic E-state index is 0.0377. The van der Waals surface area contributed by atoms with Crippen LogP contribution in [0.1, 0.15) is 56.8 Å². The van der Waals surface area contributed by atoms with Gasteiger partial charge in [0.25, 0.3) is 5.91 Å². The number of amides is 1. The van der Waals surface area contributed by atoms with Crippen molar-refractivity contribution in [3.63, 3.8) is 0 Å². The third-order valence-electron chi connectivity index (χ3n) is 4.40. The van der Waals surface area contributed by atoms with Gasteiger partial charge in [-0.1, -0.05) is 45.7 Å². The Kier molecular flexibility index (Phi) is 4.36. The molecule has 0 bridgehead atoms. The number of hydrogen-bond acceptors (Lipinski definition) is 2. The molecule has 0 radical (unpaired) electrons. The van der Waals surface area contributed by atoms with Gasteiger partial charge in [-0.05, 0) is 36.3 Å². The van der Waals surface area contributed by atoms with E-state index in [1.54, 1.807) is 12.1 Å². The number of anilines is 1. The lowest BCUT2D eigenvalue weighted by Gasteiger charge is -2.40. The van der Waals surface area contributed by atoms with Crippen LogP contribution < -0.4 is 11.1 Å². The monoisotopic (exact) mass is 274 g/mol. The molecule has 1 aromatic carbocycles. The van der Waals surface area contributed by atoms with E-state index in [4.69, 9.17) is 5.73 Å². The summed E-state index contributed by atoms with van der Waals surface area (Å²) >= 11 is 0. The zero-order valence-corrected chi connectivity index (χ0v) is 12.8. The van der Waals surface area contributed by atoms with Crippen molar-refractivity contribution >= 4 is 11.6 Å². The summed E-state index contributed by atoms with van der Waals surface area (Å²) in [7, 11) is 0. The third kappa shape index (κ3) is 3.33. The quantitative estimate of drug-likeness (QED) is 0.810. The van der Waals surface area contributed by atoms with Crippen LogP contribution in [0.25, 0.3) is 0 Å². The third-order valence-corrected chi connectivity index (χ3v) is 4.40. The lowest BCUT2D eigenvalue weighted by Crippen LogP contribution is -2.46. The van der Waals surface area contributed by atoms with Gasteiger partial charge in [-0.3, -0.25) is 4.79 Å². The molecule has 3 heteroatoms. The minimum Gasteiger partial charge on any atom is -0.398 e. The first-order chi connectivity index (χ1) is 9.39. The number of carbonyl (C=O) groups is 1. The minimum atomic E-state index is -0.0377. The predicted octanol–water partition coefficient (Wildman–Crippen LogP) is 3.60. The molecule has 0 spiro atoms. The first-order valence-electron chi connectivity index (χ1n) is 7.55. The van der Waals surface area contributed by atoms with Gasteiger partial charge in [0.15, 0.2) is 0 Å². The summed E-state index contributed by atoms with van der Waals surface area (Å²) in [6, 6.07) is 7.53. The molecule has 110 valence electrons. The second-order valence-electron chi connectivity index (χ2n) is 6.92. The highest BCUT2D eigenvalue weighted by molar-refractivity contribution is 5.99. The van der Waals surface area contributed by atoms with Crippen LogP contribution in [0.3, 0.4) is 0 Å². The molecular formula is C17H26N2O. The normalized spacial score (nSPS) is 23.4. The molecule has 1 saturated carbocycles. The van der Waals surface area contributed by atoms with Crippen LogP contribution in [0, 0.1) is 11.3 Å². The zero-order chi connectivity index (χ0) is 14.8. The van der Waals surface area contributed by atoms with Crippen LogP contribution in [0.15, 0.2) is 24.3 Å². The maximum Gasteiger partial charge on any atom is 0.253 e. The first kappa shape index (κ1) is 14.9. The summed E-state index contributed by atoms with van der Waals surface area (Å²) in [4.78, 5) is 12.4. The number of nitrogens with two attached hydrogens (primary N) is 1. The Morgan fingerprint density at radius 1 is 1.20 bits per heavy atom. The van der Waals surface area contributed by atoms with Crippen molar-refractivity contribution in [2.75, 3.05) is 5.73 Å². The largest absolute Gasteiger partial charge is 0.398 e. The molecule has 1 aliphatic carbocycles. The highest BCUT2D eigenvalue weighted by atomic mass is 16.1. The van der Waals surface area contributed by atoms with Gasteiger partial charge in [-0.2, -0.15) is 0 Å². The Hall–Kier alpha value is -1.51. The molecule has 1 fully saturated rings. The van der Waals surface area contributed by atoms with Crippen molar-refractivity contribution in [1.29, 1.82) is 0 Å². The summed E-state index contributed by atoms with van der Waals surface area (Å²) in [5.74, 6) is 0.495. The average Bonchev–Trinajstić information content (AvgIpc) is 2.38.